The van der Waals surface area contributed by atoms with Crippen molar-refractivity contribution >= 4 is 23.5 Å². The van der Waals surface area contributed by atoms with Gasteiger partial charge in [-0.15, -0.1) is 23.5 Å². The highest BCUT2D eigenvalue weighted by Crippen LogP contribution is 2.49. The maximum atomic E-state index is 11.6. The van der Waals surface area contributed by atoms with Crippen molar-refractivity contribution in [1.29, 1.82) is 0 Å². The molecular weight excluding hydrogens is 621 g/mol. The first-order valence-electron chi connectivity index (χ1n) is 20.2. The number of allylic oxidation sites excluding steroid dienone is 4. The van der Waals surface area contributed by atoms with Crippen molar-refractivity contribution in [3.05, 3.63) is 24.3 Å². The molecule has 0 aliphatic heterocycles. The summed E-state index contributed by atoms with van der Waals surface area (Å²) in [6.45, 7) is 3.24. The average molecular weight is 701 g/mol. The number of hydrogen-bond acceptors (Lipinski definition) is 6. The number of hydrogen-bond donors (Lipinski definition) is 4. The predicted molar refractivity (Wildman–Crippen MR) is 212 cm³/mol. The van der Waals surface area contributed by atoms with Gasteiger partial charge in [-0.3, -0.25) is 0 Å². The van der Waals surface area contributed by atoms with Crippen molar-refractivity contribution in [1.82, 2.24) is 0 Å². The Morgan fingerprint density at radius 3 is 0.915 bits per heavy atom. The van der Waals surface area contributed by atoms with Crippen LogP contribution in [-0.2, 0) is 0 Å². The largest absolute Gasteiger partial charge is 0.395 e. The fourth-order valence-corrected chi connectivity index (χ4v) is 9.00. The van der Waals surface area contributed by atoms with Gasteiger partial charge in [-0.25, -0.2) is 0 Å². The molecule has 280 valence electrons. The summed E-state index contributed by atoms with van der Waals surface area (Å²) in [5, 5.41) is 41.9. The summed E-state index contributed by atoms with van der Waals surface area (Å²) in [5.74, 6) is 1.53. The first kappa shape index (κ1) is 47.0. The Bertz CT molecular complexity index is 628. The molecule has 0 unspecified atom stereocenters. The lowest BCUT2D eigenvalue weighted by Crippen LogP contribution is -2.52. The highest BCUT2D eigenvalue weighted by atomic mass is 32.2. The van der Waals surface area contributed by atoms with Gasteiger partial charge in [-0.2, -0.15) is 0 Å². The van der Waals surface area contributed by atoms with Crippen molar-refractivity contribution in [3.63, 3.8) is 0 Å². The Morgan fingerprint density at radius 1 is 0.383 bits per heavy atom. The molecule has 0 heterocycles. The second-order valence-electron chi connectivity index (χ2n) is 13.9. The molecule has 0 atom stereocenters. The molecule has 0 saturated heterocycles. The summed E-state index contributed by atoms with van der Waals surface area (Å²) >= 11 is 2.80. The number of thioether (sulfide) groups is 2. The zero-order valence-corrected chi connectivity index (χ0v) is 32.9. The molecule has 47 heavy (non-hydrogen) atoms. The minimum Gasteiger partial charge on any atom is -0.395 e. The first-order chi connectivity index (χ1) is 23.1. The van der Waals surface area contributed by atoms with Crippen LogP contribution in [0.2, 0.25) is 0 Å². The van der Waals surface area contributed by atoms with Crippen LogP contribution < -0.4 is 0 Å². The van der Waals surface area contributed by atoms with Crippen LogP contribution in [0.5, 0.6) is 0 Å². The Balaban J connectivity index is 4.03. The van der Waals surface area contributed by atoms with E-state index in [2.05, 4.69) is 38.2 Å². The molecule has 0 rings (SSSR count). The van der Waals surface area contributed by atoms with Gasteiger partial charge < -0.3 is 20.4 Å². The molecule has 4 N–H and O–H groups in total. The molecular formula is C41H80O4S2. The number of aliphatic hydroxyl groups is 4. The zero-order chi connectivity index (χ0) is 34.6. The molecule has 0 aliphatic carbocycles. The molecule has 0 aliphatic rings. The smallest absolute Gasteiger partial charge is 0.169 e. The van der Waals surface area contributed by atoms with Crippen LogP contribution in [0.3, 0.4) is 0 Å². The lowest BCUT2D eigenvalue weighted by molar-refractivity contribution is -0.0617. The summed E-state index contributed by atoms with van der Waals surface area (Å²) < 4.78 is -1.39. The van der Waals surface area contributed by atoms with E-state index < -0.39 is 29.5 Å². The molecule has 6 heteroatoms. The third-order valence-corrected chi connectivity index (χ3v) is 12.8. The van der Waals surface area contributed by atoms with Crippen LogP contribution in [0.15, 0.2) is 24.3 Å². The van der Waals surface area contributed by atoms with Crippen molar-refractivity contribution in [3.8, 4) is 0 Å². The van der Waals surface area contributed by atoms with Gasteiger partial charge in [0.25, 0.3) is 0 Å². The van der Waals surface area contributed by atoms with Crippen molar-refractivity contribution in [2.75, 3.05) is 31.3 Å². The molecule has 0 bridgehead atoms. The van der Waals surface area contributed by atoms with Gasteiger partial charge in [0.15, 0.2) is 4.27 Å². The third-order valence-electron chi connectivity index (χ3n) is 9.49. The minimum atomic E-state index is -1.39. The Morgan fingerprint density at radius 2 is 0.638 bits per heavy atom. The van der Waals surface area contributed by atoms with Crippen LogP contribution in [0.4, 0.5) is 0 Å². The fraction of sp³-hybridized carbons (Fsp3) is 0.902. The van der Waals surface area contributed by atoms with Crippen LogP contribution in [-0.4, -0.2) is 56.0 Å². The van der Waals surface area contributed by atoms with Gasteiger partial charge >= 0.3 is 0 Å². The van der Waals surface area contributed by atoms with Crippen molar-refractivity contribution in [2.24, 2.45) is 5.41 Å². The third kappa shape index (κ3) is 26.5. The highest BCUT2D eigenvalue weighted by Gasteiger charge is 2.50. The molecule has 0 aromatic heterocycles. The fourth-order valence-electron chi connectivity index (χ4n) is 5.92. The normalized spacial score (nSPS) is 12.7. The van der Waals surface area contributed by atoms with E-state index in [9.17, 15) is 20.4 Å². The first-order valence-corrected chi connectivity index (χ1v) is 22.2. The Labute approximate surface area is 301 Å². The monoisotopic (exact) mass is 701 g/mol. The Kier molecular flexibility index (Phi) is 35.8. The average Bonchev–Trinajstić information content (AvgIpc) is 3.08. The topological polar surface area (TPSA) is 80.9 Å². The summed E-state index contributed by atoms with van der Waals surface area (Å²) in [6, 6.07) is 0. The molecule has 0 fully saturated rings. The number of aliphatic hydroxyl groups excluding tert-OH is 3. The maximum absolute atomic E-state index is 11.6. The second-order valence-corrected chi connectivity index (χ2v) is 16.7. The van der Waals surface area contributed by atoms with Gasteiger partial charge in [0.05, 0.1) is 25.2 Å². The van der Waals surface area contributed by atoms with Crippen molar-refractivity contribution in [2.45, 2.75) is 198 Å². The summed E-state index contributed by atoms with van der Waals surface area (Å²) in [5.41, 5.74) is -1.31. The molecule has 4 nitrogen and oxygen atoms in total. The lowest BCUT2D eigenvalue weighted by Gasteiger charge is -2.43. The van der Waals surface area contributed by atoms with Gasteiger partial charge in [0.2, 0.25) is 0 Å². The zero-order valence-electron chi connectivity index (χ0n) is 31.2. The predicted octanol–water partition coefficient (Wildman–Crippen LogP) is 12.1. The van der Waals surface area contributed by atoms with Crippen molar-refractivity contribution < 1.29 is 20.4 Å². The van der Waals surface area contributed by atoms with E-state index in [0.717, 1.165) is 37.2 Å². The van der Waals surface area contributed by atoms with Gasteiger partial charge in [0, 0.05) is 0 Å². The van der Waals surface area contributed by atoms with E-state index >= 15 is 0 Å². The molecule has 0 aromatic rings. The van der Waals surface area contributed by atoms with E-state index in [1.54, 1.807) is 0 Å². The van der Waals surface area contributed by atoms with E-state index in [1.165, 1.54) is 178 Å². The van der Waals surface area contributed by atoms with Gasteiger partial charge in [-0.05, 0) is 75.7 Å². The van der Waals surface area contributed by atoms with Crippen LogP contribution in [0.1, 0.15) is 194 Å². The van der Waals surface area contributed by atoms with Gasteiger partial charge in [0.1, 0.15) is 0 Å². The highest BCUT2D eigenvalue weighted by molar-refractivity contribution is 8.18. The molecule has 0 spiro atoms. The Hall–Kier alpha value is 0.0200. The SMILES string of the molecule is CCCCCCCC/C=C\CCCCCCCCSC(O)(SCCCCCCCC/C=C\CCCCCCCC)C(CO)(CO)CO. The standard InChI is InChI=1S/C41H80O4S2/c1-3-5-7-9-11-13-15-17-19-21-23-25-27-29-31-33-35-46-41(45,40(37-42,38-43)39-44)47-36-34-32-30-28-26-24-22-20-18-16-14-12-10-8-6-4-2/h17-20,42-45H,3-16,21-39H2,1-2H3/b19-17-,20-18-. The van der Waals surface area contributed by atoms with E-state index in [0.29, 0.717) is 0 Å². The molecule has 0 amide bonds. The van der Waals surface area contributed by atoms with Crippen LogP contribution >= 0.6 is 23.5 Å². The van der Waals surface area contributed by atoms with Crippen LogP contribution in [0.25, 0.3) is 0 Å². The van der Waals surface area contributed by atoms with E-state index in [1.807, 2.05) is 0 Å². The molecule has 0 saturated carbocycles. The summed E-state index contributed by atoms with van der Waals surface area (Å²) in [6.07, 6.45) is 44.9. The summed E-state index contributed by atoms with van der Waals surface area (Å²) in [4.78, 5) is 0. The molecule has 0 radical (unpaired) electrons. The second kappa shape index (κ2) is 35.8. The number of unbranched alkanes of at least 4 members (excludes halogenated alkanes) is 24. The number of rotatable bonds is 38. The lowest BCUT2D eigenvalue weighted by atomic mass is 9.92. The van der Waals surface area contributed by atoms with Gasteiger partial charge in [-0.1, -0.05) is 154 Å². The van der Waals surface area contributed by atoms with E-state index in [-0.39, 0.29) is 0 Å². The summed E-state index contributed by atoms with van der Waals surface area (Å²) in [7, 11) is 0. The minimum absolute atomic E-state index is 0.433. The maximum Gasteiger partial charge on any atom is 0.169 e. The van der Waals surface area contributed by atoms with E-state index in [4.69, 9.17) is 0 Å². The van der Waals surface area contributed by atoms with Crippen LogP contribution in [0, 0.1) is 5.41 Å². The quantitative estimate of drug-likeness (QED) is 0.0292. The molecule has 0 aromatic carbocycles.